The molecule has 1 aromatic heterocycles. The van der Waals surface area contributed by atoms with E-state index in [1.807, 2.05) is 0 Å². The van der Waals surface area contributed by atoms with E-state index in [4.69, 9.17) is 16.6 Å². The zero-order valence-electron chi connectivity index (χ0n) is 8.99. The van der Waals surface area contributed by atoms with Crippen LogP contribution in [0, 0.1) is 0 Å². The summed E-state index contributed by atoms with van der Waals surface area (Å²) in [5, 5.41) is 8.54. The molecule has 0 fully saturated rings. The Hall–Kier alpha value is -2.03. The number of nitrogens with two attached hydrogens (primary N) is 2. The van der Waals surface area contributed by atoms with Crippen molar-refractivity contribution in [3.8, 4) is 5.75 Å². The van der Waals surface area contributed by atoms with Crippen molar-refractivity contribution in [1.82, 2.24) is 4.98 Å². The molecule has 0 unspecified atom stereocenters. The fraction of sp³-hybridized carbons (Fsp3) is 0.333. The van der Waals surface area contributed by atoms with Crippen molar-refractivity contribution in [3.63, 3.8) is 0 Å². The Kier molecular flexibility index (Phi) is 3.96. The molecule has 0 aliphatic heterocycles. The van der Waals surface area contributed by atoms with Gasteiger partial charge in [0, 0.05) is 12.6 Å². The summed E-state index contributed by atoms with van der Waals surface area (Å²) in [5.41, 5.74) is 10.4. The van der Waals surface area contributed by atoms with E-state index in [-0.39, 0.29) is 23.6 Å². The molecule has 1 heterocycles. The predicted octanol–water partition coefficient (Wildman–Crippen LogP) is 0.648. The molecule has 0 aliphatic carbocycles. The molecular formula is C9H10F3N3O3. The number of nitrogen functional groups attached to an aromatic ring is 1. The van der Waals surface area contributed by atoms with Gasteiger partial charge in [-0.2, -0.15) is 0 Å². The zero-order chi connectivity index (χ0) is 13.9. The van der Waals surface area contributed by atoms with E-state index < -0.39 is 24.5 Å². The number of rotatable bonds is 4. The first kappa shape index (κ1) is 14.0. The second-order valence-electron chi connectivity index (χ2n) is 3.30. The number of alkyl halides is 3. The molecule has 0 aliphatic rings. The van der Waals surface area contributed by atoms with Gasteiger partial charge < -0.3 is 21.3 Å². The quantitative estimate of drug-likeness (QED) is 0.736. The van der Waals surface area contributed by atoms with Crippen LogP contribution in [0.2, 0.25) is 0 Å². The number of pyridine rings is 1. The maximum atomic E-state index is 12.1. The Morgan fingerprint density at radius 3 is 2.56 bits per heavy atom. The minimum atomic E-state index is -4.92. The Balaban J connectivity index is 3.19. The molecule has 0 saturated carbocycles. The fourth-order valence-corrected chi connectivity index (χ4v) is 1.29. The highest BCUT2D eigenvalue weighted by Gasteiger charge is 2.32. The highest BCUT2D eigenvalue weighted by molar-refractivity contribution is 5.70. The SMILES string of the molecule is NCc1c(OC(F)(F)F)cc(CC(=O)O)nc1N. The number of hydrogen-bond acceptors (Lipinski definition) is 5. The minimum absolute atomic E-state index is 0.124. The zero-order valence-corrected chi connectivity index (χ0v) is 8.99. The molecule has 100 valence electrons. The van der Waals surface area contributed by atoms with Crippen molar-refractivity contribution in [2.45, 2.75) is 19.3 Å². The van der Waals surface area contributed by atoms with E-state index in [0.29, 0.717) is 0 Å². The number of halogens is 3. The first-order chi connectivity index (χ1) is 8.23. The summed E-state index contributed by atoms with van der Waals surface area (Å²) in [6.45, 7) is -0.308. The van der Waals surface area contributed by atoms with Crippen LogP contribution < -0.4 is 16.2 Å². The second-order valence-corrected chi connectivity index (χ2v) is 3.30. The summed E-state index contributed by atoms with van der Waals surface area (Å²) in [6.07, 6.45) is -5.48. The number of carbonyl (C=O) groups is 1. The summed E-state index contributed by atoms with van der Waals surface area (Å²) in [4.78, 5) is 14.1. The fourth-order valence-electron chi connectivity index (χ4n) is 1.29. The first-order valence-corrected chi connectivity index (χ1v) is 4.69. The van der Waals surface area contributed by atoms with Gasteiger partial charge >= 0.3 is 12.3 Å². The van der Waals surface area contributed by atoms with Crippen molar-refractivity contribution in [1.29, 1.82) is 0 Å². The molecule has 0 saturated heterocycles. The third kappa shape index (κ3) is 3.77. The van der Waals surface area contributed by atoms with Crippen LogP contribution >= 0.6 is 0 Å². The van der Waals surface area contributed by atoms with Crippen LogP contribution in [0.15, 0.2) is 6.07 Å². The molecule has 0 atom stereocenters. The molecule has 18 heavy (non-hydrogen) atoms. The van der Waals surface area contributed by atoms with Crippen LogP contribution in [0.25, 0.3) is 0 Å². The van der Waals surface area contributed by atoms with E-state index in [9.17, 15) is 18.0 Å². The lowest BCUT2D eigenvalue weighted by atomic mass is 10.2. The summed E-state index contributed by atoms with van der Waals surface area (Å²) in [5.74, 6) is -2.16. The van der Waals surface area contributed by atoms with E-state index in [0.717, 1.165) is 6.07 Å². The molecule has 0 bridgehead atoms. The van der Waals surface area contributed by atoms with Crippen molar-refractivity contribution in [3.05, 3.63) is 17.3 Å². The third-order valence-electron chi connectivity index (χ3n) is 1.93. The summed E-state index contributed by atoms with van der Waals surface area (Å²) < 4.78 is 40.2. The number of anilines is 1. The highest BCUT2D eigenvalue weighted by Crippen LogP contribution is 2.29. The van der Waals surface area contributed by atoms with Gasteiger partial charge in [-0.3, -0.25) is 4.79 Å². The van der Waals surface area contributed by atoms with Gasteiger partial charge in [-0.25, -0.2) is 4.98 Å². The van der Waals surface area contributed by atoms with E-state index in [1.165, 1.54) is 0 Å². The van der Waals surface area contributed by atoms with Gasteiger partial charge in [0.1, 0.15) is 11.6 Å². The van der Waals surface area contributed by atoms with Gasteiger partial charge in [-0.15, -0.1) is 13.2 Å². The van der Waals surface area contributed by atoms with Gasteiger partial charge in [0.15, 0.2) is 0 Å². The summed E-state index contributed by atoms with van der Waals surface area (Å²) >= 11 is 0. The smallest absolute Gasteiger partial charge is 0.481 e. The number of aliphatic carboxylic acids is 1. The van der Waals surface area contributed by atoms with Gasteiger partial charge in [-0.05, 0) is 0 Å². The lowest BCUT2D eigenvalue weighted by Gasteiger charge is -2.14. The number of carboxylic acid groups (broad SMARTS) is 1. The van der Waals surface area contributed by atoms with E-state index in [2.05, 4.69) is 9.72 Å². The normalized spacial score (nSPS) is 11.3. The lowest BCUT2D eigenvalue weighted by Crippen LogP contribution is -2.20. The Labute approximate surface area is 99.4 Å². The number of hydrogen-bond donors (Lipinski definition) is 3. The molecular weight excluding hydrogens is 255 g/mol. The molecule has 0 amide bonds. The van der Waals surface area contributed by atoms with Gasteiger partial charge in [0.25, 0.3) is 0 Å². The lowest BCUT2D eigenvalue weighted by molar-refractivity contribution is -0.274. The van der Waals surface area contributed by atoms with Gasteiger partial charge in [0.2, 0.25) is 0 Å². The molecule has 9 heteroatoms. The Morgan fingerprint density at radius 1 is 1.50 bits per heavy atom. The molecule has 0 aromatic carbocycles. The predicted molar refractivity (Wildman–Crippen MR) is 54.6 cm³/mol. The molecule has 0 radical (unpaired) electrons. The van der Waals surface area contributed by atoms with Crippen LogP contribution in [0.3, 0.4) is 0 Å². The molecule has 5 N–H and O–H groups in total. The third-order valence-corrected chi connectivity index (χ3v) is 1.93. The maximum absolute atomic E-state index is 12.1. The Morgan fingerprint density at radius 2 is 2.11 bits per heavy atom. The number of aromatic nitrogens is 1. The average Bonchev–Trinajstić information content (AvgIpc) is 2.13. The van der Waals surface area contributed by atoms with Crippen LogP contribution in [-0.4, -0.2) is 22.4 Å². The average molecular weight is 265 g/mol. The van der Waals surface area contributed by atoms with Crippen molar-refractivity contribution in [2.75, 3.05) is 5.73 Å². The molecule has 1 aromatic rings. The van der Waals surface area contributed by atoms with Crippen LogP contribution in [0.4, 0.5) is 19.0 Å². The van der Waals surface area contributed by atoms with Crippen LogP contribution in [-0.2, 0) is 17.8 Å². The molecule has 1 rings (SSSR count). The molecule has 6 nitrogen and oxygen atoms in total. The van der Waals surface area contributed by atoms with E-state index in [1.54, 1.807) is 0 Å². The van der Waals surface area contributed by atoms with Crippen LogP contribution in [0.1, 0.15) is 11.3 Å². The van der Waals surface area contributed by atoms with Crippen molar-refractivity contribution < 1.29 is 27.8 Å². The second kappa shape index (κ2) is 5.08. The number of ether oxygens (including phenoxy) is 1. The van der Waals surface area contributed by atoms with Crippen molar-refractivity contribution >= 4 is 11.8 Å². The maximum Gasteiger partial charge on any atom is 0.573 e. The van der Waals surface area contributed by atoms with Gasteiger partial charge in [-0.1, -0.05) is 0 Å². The highest BCUT2D eigenvalue weighted by atomic mass is 19.4. The van der Waals surface area contributed by atoms with E-state index >= 15 is 0 Å². The standard InChI is InChI=1S/C9H10F3N3O3/c10-9(11,12)18-6-1-4(2-7(16)17)15-8(14)5(6)3-13/h1H,2-3,13H2,(H2,14,15)(H,16,17). The largest absolute Gasteiger partial charge is 0.573 e. The number of carboxylic acids is 1. The van der Waals surface area contributed by atoms with Gasteiger partial charge in [0.05, 0.1) is 17.7 Å². The molecule has 0 spiro atoms. The van der Waals surface area contributed by atoms with Crippen LogP contribution in [0.5, 0.6) is 5.75 Å². The first-order valence-electron chi connectivity index (χ1n) is 4.69. The summed E-state index contributed by atoms with van der Waals surface area (Å²) in [7, 11) is 0. The minimum Gasteiger partial charge on any atom is -0.481 e. The Bertz CT molecular complexity index is 462. The monoisotopic (exact) mass is 265 g/mol. The summed E-state index contributed by atoms with van der Waals surface area (Å²) in [6, 6.07) is 0.861. The topological polar surface area (TPSA) is 111 Å². The number of nitrogens with zero attached hydrogens (tertiary/aromatic N) is 1. The van der Waals surface area contributed by atoms with Crippen molar-refractivity contribution in [2.24, 2.45) is 5.73 Å².